The summed E-state index contributed by atoms with van der Waals surface area (Å²) in [6.45, 7) is 5.56. The number of aryl methyl sites for hydroxylation is 2. The second kappa shape index (κ2) is 6.10. The van der Waals surface area contributed by atoms with Gasteiger partial charge in [-0.25, -0.2) is 9.78 Å². The number of thiophene rings is 1. The van der Waals surface area contributed by atoms with Crippen LogP contribution in [0.4, 0.5) is 0 Å². The van der Waals surface area contributed by atoms with Crippen LogP contribution in [0.25, 0.3) is 21.1 Å². The number of nitrogens with one attached hydrogen (secondary N) is 2. The highest BCUT2D eigenvalue weighted by Crippen LogP contribution is 2.27. The minimum Gasteiger partial charge on any atom is -0.450 e. The molecular formula is C19H17N3O3S. The van der Waals surface area contributed by atoms with Gasteiger partial charge in [0, 0.05) is 15.8 Å². The Labute approximate surface area is 152 Å². The second-order valence-electron chi connectivity index (χ2n) is 6.23. The normalized spacial score (nSPS) is 12.6. The third-order valence-electron chi connectivity index (χ3n) is 4.48. The molecule has 4 rings (SSSR count). The summed E-state index contributed by atoms with van der Waals surface area (Å²) in [4.78, 5) is 36.8. The van der Waals surface area contributed by atoms with Crippen molar-refractivity contribution in [2.45, 2.75) is 26.9 Å². The number of fused-ring (bicyclic) bond motifs is 2. The summed E-state index contributed by atoms with van der Waals surface area (Å²) in [5.41, 5.74) is 1.96. The Morgan fingerprint density at radius 1 is 1.23 bits per heavy atom. The topological polar surface area (TPSA) is 87.8 Å². The van der Waals surface area contributed by atoms with E-state index in [-0.39, 0.29) is 5.56 Å². The molecule has 0 aliphatic heterocycles. The van der Waals surface area contributed by atoms with E-state index in [0.29, 0.717) is 21.7 Å². The summed E-state index contributed by atoms with van der Waals surface area (Å²) in [5.74, 6) is -0.150. The molecule has 3 aromatic heterocycles. The Hall–Kier alpha value is -2.93. The fourth-order valence-corrected chi connectivity index (χ4v) is 3.96. The van der Waals surface area contributed by atoms with Gasteiger partial charge in [0.2, 0.25) is 0 Å². The molecule has 1 unspecified atom stereocenters. The Bertz CT molecular complexity index is 1170. The number of hydrogen-bond acceptors (Lipinski definition) is 5. The van der Waals surface area contributed by atoms with Crippen LogP contribution in [0, 0.1) is 13.8 Å². The highest BCUT2D eigenvalue weighted by atomic mass is 32.1. The largest absolute Gasteiger partial charge is 0.450 e. The van der Waals surface area contributed by atoms with Crippen molar-refractivity contribution in [1.82, 2.24) is 15.0 Å². The lowest BCUT2D eigenvalue weighted by molar-refractivity contribution is 0.0314. The Morgan fingerprint density at radius 2 is 2.00 bits per heavy atom. The monoisotopic (exact) mass is 367 g/mol. The van der Waals surface area contributed by atoms with Crippen molar-refractivity contribution >= 4 is 38.4 Å². The van der Waals surface area contributed by atoms with E-state index in [2.05, 4.69) is 15.0 Å². The third kappa shape index (κ3) is 2.70. The van der Waals surface area contributed by atoms with Gasteiger partial charge in [-0.1, -0.05) is 18.2 Å². The molecule has 0 amide bonds. The molecule has 0 saturated heterocycles. The molecule has 0 bridgehead atoms. The summed E-state index contributed by atoms with van der Waals surface area (Å²) in [6.07, 6.45) is -0.672. The van der Waals surface area contributed by atoms with E-state index in [1.165, 1.54) is 11.3 Å². The molecule has 0 saturated carbocycles. The molecule has 4 aromatic rings. The molecule has 26 heavy (non-hydrogen) atoms. The number of nitrogens with zero attached hydrogens (tertiary/aromatic N) is 1. The van der Waals surface area contributed by atoms with Crippen LogP contribution in [0.2, 0.25) is 0 Å². The number of H-pyrrole nitrogens is 2. The number of para-hydroxylation sites is 1. The van der Waals surface area contributed by atoms with Crippen LogP contribution in [-0.4, -0.2) is 20.9 Å². The van der Waals surface area contributed by atoms with Crippen LogP contribution in [0.15, 0.2) is 35.1 Å². The van der Waals surface area contributed by atoms with Crippen molar-refractivity contribution in [2.75, 3.05) is 0 Å². The summed E-state index contributed by atoms with van der Waals surface area (Å²) >= 11 is 1.46. The Morgan fingerprint density at radius 3 is 2.77 bits per heavy atom. The number of benzene rings is 1. The van der Waals surface area contributed by atoms with Crippen molar-refractivity contribution in [3.8, 4) is 0 Å². The van der Waals surface area contributed by atoms with E-state index >= 15 is 0 Å². The van der Waals surface area contributed by atoms with Crippen LogP contribution >= 0.6 is 11.3 Å². The van der Waals surface area contributed by atoms with Gasteiger partial charge in [-0.2, -0.15) is 0 Å². The summed E-state index contributed by atoms with van der Waals surface area (Å²) < 4.78 is 5.49. The minimum absolute atomic E-state index is 0.208. The van der Waals surface area contributed by atoms with Crippen LogP contribution in [0.1, 0.15) is 39.8 Å². The van der Waals surface area contributed by atoms with Crippen LogP contribution in [0.5, 0.6) is 0 Å². The fourth-order valence-electron chi connectivity index (χ4n) is 2.93. The average molecular weight is 367 g/mol. The number of ether oxygens (including phenoxy) is 1. The molecule has 3 heterocycles. The van der Waals surface area contributed by atoms with Gasteiger partial charge in [-0.05, 0) is 38.5 Å². The molecule has 0 radical (unpaired) electrons. The Kier molecular flexibility index (Phi) is 3.88. The number of carbonyl (C=O) groups is 1. The maximum absolute atomic E-state index is 12.4. The van der Waals surface area contributed by atoms with Crippen LogP contribution in [-0.2, 0) is 4.74 Å². The second-order valence-corrected chi connectivity index (χ2v) is 7.44. The molecule has 132 valence electrons. The standard InChI is InChI=1S/C19H17N3O3S/c1-9-11(3)26-18-15(9)17(23)21-16(22-18)10(2)25-19(24)14-8-12-6-4-5-7-13(12)20-14/h4-8,10,20H,1-3H3,(H,21,22,23). The first kappa shape index (κ1) is 16.5. The summed E-state index contributed by atoms with van der Waals surface area (Å²) in [7, 11) is 0. The fraction of sp³-hybridized carbons (Fsp3) is 0.211. The molecule has 6 nitrogen and oxygen atoms in total. The summed E-state index contributed by atoms with van der Waals surface area (Å²) in [5, 5.41) is 1.54. The zero-order valence-electron chi connectivity index (χ0n) is 14.5. The van der Waals surface area contributed by atoms with Crippen molar-refractivity contribution in [3.05, 3.63) is 62.6 Å². The Balaban J connectivity index is 1.63. The van der Waals surface area contributed by atoms with E-state index < -0.39 is 12.1 Å². The molecule has 0 spiro atoms. The van der Waals surface area contributed by atoms with Crippen LogP contribution in [0.3, 0.4) is 0 Å². The molecule has 1 aromatic carbocycles. The maximum Gasteiger partial charge on any atom is 0.355 e. The lowest BCUT2D eigenvalue weighted by atomic mass is 10.2. The van der Waals surface area contributed by atoms with Crippen molar-refractivity contribution < 1.29 is 9.53 Å². The van der Waals surface area contributed by atoms with Gasteiger partial charge in [-0.15, -0.1) is 11.3 Å². The first-order valence-electron chi connectivity index (χ1n) is 8.22. The summed E-state index contributed by atoms with van der Waals surface area (Å²) in [6, 6.07) is 9.36. The van der Waals surface area contributed by atoms with E-state index in [4.69, 9.17) is 4.74 Å². The molecule has 0 fully saturated rings. The molecule has 0 aliphatic rings. The van der Waals surface area contributed by atoms with Gasteiger partial charge in [0.15, 0.2) is 11.9 Å². The van der Waals surface area contributed by atoms with E-state index in [9.17, 15) is 9.59 Å². The minimum atomic E-state index is -0.672. The quantitative estimate of drug-likeness (QED) is 0.536. The van der Waals surface area contributed by atoms with Crippen molar-refractivity contribution in [2.24, 2.45) is 0 Å². The van der Waals surface area contributed by atoms with Gasteiger partial charge >= 0.3 is 5.97 Å². The van der Waals surface area contributed by atoms with E-state index in [0.717, 1.165) is 21.3 Å². The highest BCUT2D eigenvalue weighted by molar-refractivity contribution is 7.18. The van der Waals surface area contributed by atoms with Gasteiger partial charge < -0.3 is 14.7 Å². The predicted molar refractivity (Wildman–Crippen MR) is 102 cm³/mol. The molecule has 1 atom stereocenters. The zero-order valence-corrected chi connectivity index (χ0v) is 15.4. The zero-order chi connectivity index (χ0) is 18.4. The molecule has 2 N–H and O–H groups in total. The van der Waals surface area contributed by atoms with Crippen LogP contribution < -0.4 is 5.56 Å². The number of hydrogen-bond donors (Lipinski definition) is 2. The lowest BCUT2D eigenvalue weighted by Crippen LogP contribution is -2.17. The number of rotatable bonds is 3. The molecular weight excluding hydrogens is 350 g/mol. The van der Waals surface area contributed by atoms with Gasteiger partial charge in [0.1, 0.15) is 10.5 Å². The van der Waals surface area contributed by atoms with Gasteiger partial charge in [-0.3, -0.25) is 4.79 Å². The van der Waals surface area contributed by atoms with E-state index in [1.807, 2.05) is 38.1 Å². The smallest absolute Gasteiger partial charge is 0.355 e. The predicted octanol–water partition coefficient (Wildman–Crippen LogP) is 4.00. The number of aromatic amines is 2. The van der Waals surface area contributed by atoms with Crippen molar-refractivity contribution in [3.63, 3.8) is 0 Å². The average Bonchev–Trinajstić information content (AvgIpc) is 3.16. The lowest BCUT2D eigenvalue weighted by Gasteiger charge is -2.11. The first-order chi connectivity index (χ1) is 12.4. The number of aromatic nitrogens is 3. The van der Waals surface area contributed by atoms with Gasteiger partial charge in [0.25, 0.3) is 5.56 Å². The number of esters is 1. The third-order valence-corrected chi connectivity index (χ3v) is 5.58. The number of carbonyl (C=O) groups excluding carboxylic acids is 1. The highest BCUT2D eigenvalue weighted by Gasteiger charge is 2.20. The van der Waals surface area contributed by atoms with Crippen molar-refractivity contribution in [1.29, 1.82) is 0 Å². The molecule has 0 aliphatic carbocycles. The molecule has 7 heteroatoms. The maximum atomic E-state index is 12.4. The SMILES string of the molecule is Cc1sc2nc(C(C)OC(=O)c3cc4ccccc4[nH]3)[nH]c(=O)c2c1C. The van der Waals surface area contributed by atoms with Gasteiger partial charge in [0.05, 0.1) is 5.39 Å². The van der Waals surface area contributed by atoms with E-state index in [1.54, 1.807) is 13.0 Å². The first-order valence-corrected chi connectivity index (χ1v) is 9.04.